The minimum atomic E-state index is 0.399. The van der Waals surface area contributed by atoms with Crippen LogP contribution in [0.25, 0.3) is 0 Å². The fourth-order valence-electron chi connectivity index (χ4n) is 3.26. The summed E-state index contributed by atoms with van der Waals surface area (Å²) in [5.41, 5.74) is 3.78. The molecular weight excluding hydrogens is 290 g/mol. The Bertz CT molecular complexity index is 670. The molecule has 1 unspecified atom stereocenters. The maximum atomic E-state index is 5.60. The average molecular weight is 313 g/mol. The van der Waals surface area contributed by atoms with Gasteiger partial charge in [-0.05, 0) is 30.0 Å². The zero-order valence-electron chi connectivity index (χ0n) is 13.9. The van der Waals surface area contributed by atoms with E-state index in [1.54, 1.807) is 21.3 Å². The Morgan fingerprint density at radius 3 is 2.35 bits per heavy atom. The van der Waals surface area contributed by atoms with Gasteiger partial charge < -0.3 is 19.5 Å². The van der Waals surface area contributed by atoms with Crippen molar-refractivity contribution < 1.29 is 14.2 Å². The molecule has 1 N–H and O–H groups in total. The number of hydrogen-bond donors (Lipinski definition) is 1. The first-order chi connectivity index (χ1) is 11.3. The van der Waals surface area contributed by atoms with Gasteiger partial charge in [0.25, 0.3) is 0 Å². The number of nitrogens with one attached hydrogen (secondary N) is 1. The third kappa shape index (κ3) is 3.13. The second-order valence-corrected chi connectivity index (χ2v) is 5.75. The van der Waals surface area contributed by atoms with E-state index < -0.39 is 0 Å². The first kappa shape index (κ1) is 15.7. The van der Waals surface area contributed by atoms with Crippen LogP contribution in [-0.2, 0) is 19.4 Å². The zero-order valence-corrected chi connectivity index (χ0v) is 13.9. The third-order valence-electron chi connectivity index (χ3n) is 4.38. The monoisotopic (exact) mass is 313 g/mol. The summed E-state index contributed by atoms with van der Waals surface area (Å²) >= 11 is 0. The maximum absolute atomic E-state index is 5.60. The molecule has 0 bridgehead atoms. The number of methoxy groups -OCH3 is 3. The summed E-state index contributed by atoms with van der Waals surface area (Å²) in [5.74, 6) is 2.20. The van der Waals surface area contributed by atoms with E-state index in [2.05, 4.69) is 35.6 Å². The van der Waals surface area contributed by atoms with Crippen LogP contribution in [0.3, 0.4) is 0 Å². The Morgan fingerprint density at radius 2 is 1.70 bits per heavy atom. The number of ether oxygens (including phenoxy) is 3. The molecular formula is C19H23NO3. The predicted octanol–water partition coefficient (Wildman–Crippen LogP) is 2.97. The van der Waals surface area contributed by atoms with Gasteiger partial charge in [0, 0.05) is 18.2 Å². The van der Waals surface area contributed by atoms with Gasteiger partial charge in [0.05, 0.1) is 21.3 Å². The lowest BCUT2D eigenvalue weighted by atomic mass is 10.1. The highest BCUT2D eigenvalue weighted by molar-refractivity contribution is 5.61. The van der Waals surface area contributed by atoms with Gasteiger partial charge in [-0.3, -0.25) is 0 Å². The van der Waals surface area contributed by atoms with E-state index >= 15 is 0 Å². The van der Waals surface area contributed by atoms with Gasteiger partial charge in [-0.15, -0.1) is 0 Å². The second-order valence-electron chi connectivity index (χ2n) is 5.75. The van der Waals surface area contributed by atoms with Crippen molar-refractivity contribution in [3.8, 4) is 17.2 Å². The molecule has 0 saturated heterocycles. The van der Waals surface area contributed by atoms with E-state index in [4.69, 9.17) is 14.2 Å². The van der Waals surface area contributed by atoms with Crippen molar-refractivity contribution in [3.63, 3.8) is 0 Å². The predicted molar refractivity (Wildman–Crippen MR) is 90.6 cm³/mol. The summed E-state index contributed by atoms with van der Waals surface area (Å²) < 4.78 is 16.5. The van der Waals surface area contributed by atoms with E-state index in [1.807, 2.05) is 6.07 Å². The fourth-order valence-corrected chi connectivity index (χ4v) is 3.26. The van der Waals surface area contributed by atoms with Crippen molar-refractivity contribution in [1.29, 1.82) is 0 Å². The van der Waals surface area contributed by atoms with Crippen LogP contribution >= 0.6 is 0 Å². The SMILES string of the molecule is COc1cc2c(c(OC)c1OC)CC(NCc1ccccc1)C2. The molecule has 0 amide bonds. The standard InChI is InChI=1S/C19H23NO3/c1-21-17-10-14-9-15(20-12-13-7-5-4-6-8-13)11-16(14)18(22-2)19(17)23-3/h4-8,10,15,20H,9,11-12H2,1-3H3. The lowest BCUT2D eigenvalue weighted by Crippen LogP contribution is -2.28. The van der Waals surface area contributed by atoms with Gasteiger partial charge in [-0.1, -0.05) is 30.3 Å². The summed E-state index contributed by atoms with van der Waals surface area (Å²) in [6, 6.07) is 12.9. The van der Waals surface area contributed by atoms with Gasteiger partial charge in [0.15, 0.2) is 11.5 Å². The molecule has 1 aliphatic rings. The van der Waals surface area contributed by atoms with E-state index in [9.17, 15) is 0 Å². The molecule has 2 aromatic carbocycles. The minimum Gasteiger partial charge on any atom is -0.493 e. The number of hydrogen-bond acceptors (Lipinski definition) is 4. The number of benzene rings is 2. The van der Waals surface area contributed by atoms with Gasteiger partial charge in [-0.2, -0.15) is 0 Å². The summed E-state index contributed by atoms with van der Waals surface area (Å²) in [6.07, 6.45) is 1.91. The maximum Gasteiger partial charge on any atom is 0.203 e. The fraction of sp³-hybridized carbons (Fsp3) is 0.368. The first-order valence-corrected chi connectivity index (χ1v) is 7.84. The number of rotatable bonds is 6. The van der Waals surface area contributed by atoms with Crippen molar-refractivity contribution >= 4 is 0 Å². The Labute approximate surface area is 137 Å². The van der Waals surface area contributed by atoms with Crippen LogP contribution in [0.2, 0.25) is 0 Å². The van der Waals surface area contributed by atoms with Crippen LogP contribution in [0.5, 0.6) is 17.2 Å². The van der Waals surface area contributed by atoms with Crippen molar-refractivity contribution in [2.75, 3.05) is 21.3 Å². The van der Waals surface area contributed by atoms with Gasteiger partial charge in [-0.25, -0.2) is 0 Å². The largest absolute Gasteiger partial charge is 0.493 e. The molecule has 0 aromatic heterocycles. The van der Waals surface area contributed by atoms with Crippen LogP contribution in [0.15, 0.2) is 36.4 Å². The van der Waals surface area contributed by atoms with E-state index in [0.717, 1.165) is 30.9 Å². The molecule has 0 radical (unpaired) electrons. The molecule has 3 rings (SSSR count). The van der Waals surface area contributed by atoms with E-state index in [1.165, 1.54) is 16.7 Å². The first-order valence-electron chi connectivity index (χ1n) is 7.84. The van der Waals surface area contributed by atoms with Gasteiger partial charge in [0.2, 0.25) is 5.75 Å². The third-order valence-corrected chi connectivity index (χ3v) is 4.38. The molecule has 0 aliphatic heterocycles. The summed E-state index contributed by atoms with van der Waals surface area (Å²) in [4.78, 5) is 0. The summed E-state index contributed by atoms with van der Waals surface area (Å²) in [6.45, 7) is 0.871. The Kier molecular flexibility index (Phi) is 4.72. The smallest absolute Gasteiger partial charge is 0.203 e. The highest BCUT2D eigenvalue weighted by atomic mass is 16.5. The molecule has 4 heteroatoms. The Balaban J connectivity index is 1.77. The molecule has 2 aromatic rings. The average Bonchev–Trinajstić information content (AvgIpc) is 3.01. The molecule has 0 saturated carbocycles. The molecule has 0 spiro atoms. The topological polar surface area (TPSA) is 39.7 Å². The highest BCUT2D eigenvalue weighted by Gasteiger charge is 2.28. The van der Waals surface area contributed by atoms with Crippen LogP contribution < -0.4 is 19.5 Å². The Morgan fingerprint density at radius 1 is 0.957 bits per heavy atom. The summed E-state index contributed by atoms with van der Waals surface area (Å²) in [7, 11) is 4.99. The molecule has 1 atom stereocenters. The minimum absolute atomic E-state index is 0.399. The van der Waals surface area contributed by atoms with E-state index in [0.29, 0.717) is 11.8 Å². The molecule has 122 valence electrons. The van der Waals surface area contributed by atoms with Crippen LogP contribution in [-0.4, -0.2) is 27.4 Å². The van der Waals surface area contributed by atoms with Crippen LogP contribution in [0, 0.1) is 0 Å². The molecule has 0 fully saturated rings. The molecule has 1 aliphatic carbocycles. The lowest BCUT2D eigenvalue weighted by Gasteiger charge is -2.15. The molecule has 0 heterocycles. The van der Waals surface area contributed by atoms with Crippen LogP contribution in [0.1, 0.15) is 16.7 Å². The van der Waals surface area contributed by atoms with Crippen molar-refractivity contribution in [1.82, 2.24) is 5.32 Å². The van der Waals surface area contributed by atoms with Crippen molar-refractivity contribution in [2.24, 2.45) is 0 Å². The normalized spacial score (nSPS) is 16.0. The van der Waals surface area contributed by atoms with Gasteiger partial charge in [0.1, 0.15) is 0 Å². The lowest BCUT2D eigenvalue weighted by molar-refractivity contribution is 0.322. The van der Waals surface area contributed by atoms with Crippen molar-refractivity contribution in [3.05, 3.63) is 53.1 Å². The number of fused-ring (bicyclic) bond motifs is 1. The summed E-state index contributed by atoms with van der Waals surface area (Å²) in [5, 5.41) is 3.63. The zero-order chi connectivity index (χ0) is 16.2. The molecule has 4 nitrogen and oxygen atoms in total. The van der Waals surface area contributed by atoms with Crippen molar-refractivity contribution in [2.45, 2.75) is 25.4 Å². The second kappa shape index (κ2) is 6.92. The van der Waals surface area contributed by atoms with E-state index in [-0.39, 0.29) is 0 Å². The quantitative estimate of drug-likeness (QED) is 0.890. The van der Waals surface area contributed by atoms with Gasteiger partial charge >= 0.3 is 0 Å². The van der Waals surface area contributed by atoms with Crippen LogP contribution in [0.4, 0.5) is 0 Å². The molecule has 23 heavy (non-hydrogen) atoms. The highest BCUT2D eigenvalue weighted by Crippen LogP contribution is 2.45. The Hall–Kier alpha value is -2.20.